The van der Waals surface area contributed by atoms with E-state index in [0.29, 0.717) is 17.6 Å². The van der Waals surface area contributed by atoms with Gasteiger partial charge in [-0.2, -0.15) is 0 Å². The number of nitrogens with zero attached hydrogens (tertiary/aromatic N) is 4. The highest BCUT2D eigenvalue weighted by Crippen LogP contribution is 2.32. The smallest absolute Gasteiger partial charge is 0.196 e. The monoisotopic (exact) mass is 444 g/mol. The maximum Gasteiger partial charge on any atom is 0.196 e. The number of rotatable bonds is 8. The van der Waals surface area contributed by atoms with Gasteiger partial charge in [0.05, 0.1) is 18.0 Å². The summed E-state index contributed by atoms with van der Waals surface area (Å²) in [5, 5.41) is 9.47. The van der Waals surface area contributed by atoms with Gasteiger partial charge in [0.25, 0.3) is 0 Å². The summed E-state index contributed by atoms with van der Waals surface area (Å²) in [4.78, 5) is 17.2. The van der Waals surface area contributed by atoms with Gasteiger partial charge in [0, 0.05) is 23.5 Å². The second-order valence-electron chi connectivity index (χ2n) is 7.31. The van der Waals surface area contributed by atoms with Gasteiger partial charge in [0.15, 0.2) is 16.8 Å². The Morgan fingerprint density at radius 3 is 2.69 bits per heavy atom. The van der Waals surface area contributed by atoms with Crippen molar-refractivity contribution in [1.82, 2.24) is 19.7 Å². The van der Waals surface area contributed by atoms with Crippen molar-refractivity contribution in [2.45, 2.75) is 25.9 Å². The third-order valence-corrected chi connectivity index (χ3v) is 5.91. The lowest BCUT2D eigenvalue weighted by Crippen LogP contribution is -2.08. The van der Waals surface area contributed by atoms with Gasteiger partial charge in [-0.05, 0) is 56.7 Å². The van der Waals surface area contributed by atoms with Crippen LogP contribution in [0.5, 0.6) is 5.75 Å². The van der Waals surface area contributed by atoms with Crippen molar-refractivity contribution in [3.05, 3.63) is 83.7 Å². The first-order valence-corrected chi connectivity index (χ1v) is 11.4. The zero-order valence-electron chi connectivity index (χ0n) is 18.3. The zero-order valence-corrected chi connectivity index (χ0v) is 19.1. The highest BCUT2D eigenvalue weighted by atomic mass is 32.2. The molecule has 6 nitrogen and oxygen atoms in total. The van der Waals surface area contributed by atoms with Crippen LogP contribution in [0.15, 0.2) is 72.1 Å². The molecule has 0 aliphatic carbocycles. The summed E-state index contributed by atoms with van der Waals surface area (Å²) < 4.78 is 7.80. The molecule has 0 saturated carbocycles. The highest BCUT2D eigenvalue weighted by Gasteiger charge is 2.20. The van der Waals surface area contributed by atoms with Crippen LogP contribution in [0.3, 0.4) is 0 Å². The second-order valence-corrected chi connectivity index (χ2v) is 8.26. The Morgan fingerprint density at radius 2 is 1.91 bits per heavy atom. The molecule has 2 heterocycles. The Labute approximate surface area is 191 Å². The summed E-state index contributed by atoms with van der Waals surface area (Å²) in [6.07, 6.45) is 3.47. The number of aromatic nitrogens is 4. The normalized spacial score (nSPS) is 10.8. The highest BCUT2D eigenvalue weighted by molar-refractivity contribution is 7.99. The van der Waals surface area contributed by atoms with Crippen LogP contribution in [0.25, 0.3) is 17.1 Å². The number of ketones is 1. The van der Waals surface area contributed by atoms with Gasteiger partial charge in [-0.15, -0.1) is 10.2 Å². The van der Waals surface area contributed by atoms with Gasteiger partial charge in [0.1, 0.15) is 5.75 Å². The van der Waals surface area contributed by atoms with E-state index in [0.717, 1.165) is 33.7 Å². The molecule has 2 aromatic heterocycles. The molecule has 0 radical (unpaired) electrons. The van der Waals surface area contributed by atoms with E-state index in [1.807, 2.05) is 79.9 Å². The van der Waals surface area contributed by atoms with E-state index in [1.54, 1.807) is 12.4 Å². The molecule has 0 aliphatic heterocycles. The minimum atomic E-state index is 0.0618. The molecule has 7 heteroatoms. The third kappa shape index (κ3) is 4.57. The van der Waals surface area contributed by atoms with Crippen molar-refractivity contribution in [3.8, 4) is 22.8 Å². The Kier molecular flexibility index (Phi) is 6.66. The van der Waals surface area contributed by atoms with Gasteiger partial charge >= 0.3 is 0 Å². The Morgan fingerprint density at radius 1 is 1.06 bits per heavy atom. The van der Waals surface area contributed by atoms with Crippen LogP contribution in [-0.4, -0.2) is 37.9 Å². The number of benzene rings is 2. The summed E-state index contributed by atoms with van der Waals surface area (Å²) >= 11 is 1.37. The van der Waals surface area contributed by atoms with Gasteiger partial charge in [-0.25, -0.2) is 0 Å². The fraction of sp³-hybridized carbons (Fsp3) is 0.200. The number of thioether (sulfide) groups is 1. The molecule has 0 aliphatic rings. The van der Waals surface area contributed by atoms with Crippen LogP contribution in [-0.2, 0) is 0 Å². The third-order valence-electron chi connectivity index (χ3n) is 4.98. The van der Waals surface area contributed by atoms with Crippen molar-refractivity contribution >= 4 is 17.5 Å². The van der Waals surface area contributed by atoms with Crippen LogP contribution < -0.4 is 4.74 Å². The molecule has 32 heavy (non-hydrogen) atoms. The quantitative estimate of drug-likeness (QED) is 0.271. The Bertz CT molecular complexity index is 1240. The molecule has 0 bridgehead atoms. The predicted molar refractivity (Wildman–Crippen MR) is 127 cm³/mol. The lowest BCUT2D eigenvalue weighted by atomic mass is 10.0. The van der Waals surface area contributed by atoms with Gasteiger partial charge in [-0.3, -0.25) is 14.3 Å². The minimum absolute atomic E-state index is 0.0618. The minimum Gasteiger partial charge on any atom is -0.492 e. The van der Waals surface area contributed by atoms with E-state index in [1.165, 1.54) is 11.8 Å². The second kappa shape index (κ2) is 9.78. The van der Waals surface area contributed by atoms with Crippen LogP contribution in [0.4, 0.5) is 0 Å². The standard InChI is InChI=1S/C25H24N4O2S/c1-4-31-23-10-6-5-9-21(23)29-24(19-8-7-13-26-15-19)27-28-25(29)32-16-22(30)20-14-17(2)11-12-18(20)3/h5-15H,4,16H2,1-3H3. The molecule has 2 aromatic carbocycles. The average molecular weight is 445 g/mol. The Hall–Kier alpha value is -3.45. The summed E-state index contributed by atoms with van der Waals surface area (Å²) in [5.74, 6) is 1.69. The first-order valence-electron chi connectivity index (χ1n) is 10.4. The van der Waals surface area contributed by atoms with Gasteiger partial charge in [0.2, 0.25) is 0 Å². The molecule has 4 rings (SSSR count). The van der Waals surface area contributed by atoms with Crippen molar-refractivity contribution < 1.29 is 9.53 Å². The summed E-state index contributed by atoms with van der Waals surface area (Å²) in [6.45, 7) is 6.43. The number of carbonyl (C=O) groups excluding carboxylic acids is 1. The summed E-state index contributed by atoms with van der Waals surface area (Å²) in [7, 11) is 0. The predicted octanol–water partition coefficient (Wildman–Crippen LogP) is 5.32. The first-order chi connectivity index (χ1) is 15.6. The maximum atomic E-state index is 13.0. The van der Waals surface area contributed by atoms with Crippen LogP contribution in [0.2, 0.25) is 0 Å². The number of para-hydroxylation sites is 2. The van der Waals surface area contributed by atoms with E-state index in [-0.39, 0.29) is 11.5 Å². The van der Waals surface area contributed by atoms with Gasteiger partial charge in [-0.1, -0.05) is 41.6 Å². The van der Waals surface area contributed by atoms with Crippen molar-refractivity contribution in [2.75, 3.05) is 12.4 Å². The van der Waals surface area contributed by atoms with Crippen LogP contribution >= 0.6 is 11.8 Å². The fourth-order valence-corrected chi connectivity index (χ4v) is 4.25. The number of aryl methyl sites for hydroxylation is 2. The molecule has 0 spiro atoms. The first kappa shape index (κ1) is 21.8. The number of Topliss-reactive ketones (excluding diaryl/α,β-unsaturated/α-hetero) is 1. The molecule has 0 unspecified atom stereocenters. The fourth-order valence-electron chi connectivity index (χ4n) is 3.43. The molecular formula is C25H24N4O2S. The lowest BCUT2D eigenvalue weighted by molar-refractivity contribution is 0.102. The van der Waals surface area contributed by atoms with Crippen LogP contribution in [0.1, 0.15) is 28.4 Å². The average Bonchev–Trinajstić information content (AvgIpc) is 3.24. The molecule has 0 N–H and O–H groups in total. The summed E-state index contributed by atoms with van der Waals surface area (Å²) in [5.41, 5.74) is 4.43. The largest absolute Gasteiger partial charge is 0.492 e. The number of ether oxygens (including phenoxy) is 1. The molecule has 4 aromatic rings. The molecule has 0 fully saturated rings. The molecule has 0 amide bonds. The van der Waals surface area contributed by atoms with E-state index in [2.05, 4.69) is 15.2 Å². The SMILES string of the molecule is CCOc1ccccc1-n1c(SCC(=O)c2cc(C)ccc2C)nnc1-c1cccnc1. The lowest BCUT2D eigenvalue weighted by Gasteiger charge is -2.14. The summed E-state index contributed by atoms with van der Waals surface area (Å²) in [6, 6.07) is 17.5. The van der Waals surface area contributed by atoms with Gasteiger partial charge < -0.3 is 4.74 Å². The maximum absolute atomic E-state index is 13.0. The molecule has 162 valence electrons. The van der Waals surface area contributed by atoms with Crippen molar-refractivity contribution in [3.63, 3.8) is 0 Å². The van der Waals surface area contributed by atoms with E-state index >= 15 is 0 Å². The van der Waals surface area contributed by atoms with Crippen molar-refractivity contribution in [1.29, 1.82) is 0 Å². The number of carbonyl (C=O) groups is 1. The van der Waals surface area contributed by atoms with E-state index in [4.69, 9.17) is 4.74 Å². The van der Waals surface area contributed by atoms with E-state index in [9.17, 15) is 4.79 Å². The number of pyridine rings is 1. The van der Waals surface area contributed by atoms with Crippen LogP contribution in [0, 0.1) is 13.8 Å². The molecular weight excluding hydrogens is 420 g/mol. The number of hydrogen-bond acceptors (Lipinski definition) is 6. The zero-order chi connectivity index (χ0) is 22.5. The van der Waals surface area contributed by atoms with E-state index < -0.39 is 0 Å². The molecule has 0 saturated heterocycles. The Balaban J connectivity index is 1.72. The van der Waals surface area contributed by atoms with Crippen molar-refractivity contribution in [2.24, 2.45) is 0 Å². The topological polar surface area (TPSA) is 69.9 Å². The molecule has 0 atom stereocenters. The number of hydrogen-bond donors (Lipinski definition) is 0.